The molecule has 0 radical (unpaired) electrons. The Kier molecular flexibility index (Phi) is 5.87. The van der Waals surface area contributed by atoms with Crippen LogP contribution in [0.5, 0.6) is 11.5 Å². The number of hydrogen-bond donors (Lipinski definition) is 1. The highest BCUT2D eigenvalue weighted by Crippen LogP contribution is 2.62. The number of amides is 1. The summed E-state index contributed by atoms with van der Waals surface area (Å²) in [6.45, 7) is 5.56. The fourth-order valence-corrected chi connectivity index (χ4v) is 6.79. The molecule has 1 amide bonds. The molecule has 3 aromatic carbocycles. The number of methoxy groups -OCH3 is 2. The number of carbonyl (C=O) groups is 3. The lowest BCUT2D eigenvalue weighted by atomic mass is 9.62. The average Bonchev–Trinajstić information content (AvgIpc) is 3.43. The summed E-state index contributed by atoms with van der Waals surface area (Å²) in [4.78, 5) is 45.8. The number of benzene rings is 3. The molecule has 40 heavy (non-hydrogen) atoms. The Balaban J connectivity index is 1.70. The number of para-hydroxylation sites is 1. The van der Waals surface area contributed by atoms with E-state index in [9.17, 15) is 14.4 Å². The van der Waals surface area contributed by atoms with E-state index in [0.717, 1.165) is 11.1 Å². The van der Waals surface area contributed by atoms with Gasteiger partial charge in [0, 0.05) is 17.3 Å². The maximum atomic E-state index is 15.0. The summed E-state index contributed by atoms with van der Waals surface area (Å²) in [6, 6.07) is 18.9. The number of anilines is 1. The van der Waals surface area contributed by atoms with Crippen LogP contribution in [0.1, 0.15) is 53.9 Å². The second-order valence-corrected chi connectivity index (χ2v) is 11.6. The SMILES string of the molecule is COc1ccc(OC)c(C(=O)[C@H]2[C@@H](C(=O)C(C)(C)C)N3C=Cc4ccccc4[C@@H]3[C@@]23C(=O)Nc2ccccc23)c1. The molecule has 1 spiro atoms. The quantitative estimate of drug-likeness (QED) is 0.439. The summed E-state index contributed by atoms with van der Waals surface area (Å²) >= 11 is 0. The number of nitrogens with zero attached hydrogens (tertiary/aromatic N) is 1. The summed E-state index contributed by atoms with van der Waals surface area (Å²) in [5, 5.41) is 3.07. The summed E-state index contributed by atoms with van der Waals surface area (Å²) in [5.74, 6) is -0.964. The van der Waals surface area contributed by atoms with E-state index in [0.29, 0.717) is 22.7 Å². The van der Waals surface area contributed by atoms with Crippen molar-refractivity contribution in [2.75, 3.05) is 19.5 Å². The Labute approximate surface area is 233 Å². The lowest BCUT2D eigenvalue weighted by molar-refractivity contribution is -0.131. The molecule has 0 unspecified atom stereocenters. The van der Waals surface area contributed by atoms with Gasteiger partial charge in [0.15, 0.2) is 11.6 Å². The predicted octanol–water partition coefficient (Wildman–Crippen LogP) is 5.42. The van der Waals surface area contributed by atoms with Gasteiger partial charge in [0.25, 0.3) is 0 Å². The van der Waals surface area contributed by atoms with Crippen LogP contribution in [0.4, 0.5) is 5.69 Å². The number of ketones is 2. The van der Waals surface area contributed by atoms with Crippen molar-refractivity contribution in [2.45, 2.75) is 38.3 Å². The smallest absolute Gasteiger partial charge is 0.238 e. The van der Waals surface area contributed by atoms with Crippen molar-refractivity contribution >= 4 is 29.2 Å². The molecular formula is C33H32N2O5. The highest BCUT2D eigenvalue weighted by Gasteiger charge is 2.71. The predicted molar refractivity (Wildman–Crippen MR) is 152 cm³/mol. The Bertz CT molecular complexity index is 1590. The van der Waals surface area contributed by atoms with E-state index in [1.165, 1.54) is 14.2 Å². The molecule has 7 heteroatoms. The number of nitrogens with one attached hydrogen (secondary N) is 1. The molecule has 204 valence electrons. The molecule has 3 aliphatic heterocycles. The van der Waals surface area contributed by atoms with Crippen LogP contribution < -0.4 is 14.8 Å². The second-order valence-electron chi connectivity index (χ2n) is 11.6. The van der Waals surface area contributed by atoms with Crippen molar-refractivity contribution in [3.05, 3.63) is 95.2 Å². The monoisotopic (exact) mass is 536 g/mol. The molecule has 4 atom stereocenters. The van der Waals surface area contributed by atoms with E-state index in [1.54, 1.807) is 18.2 Å². The Morgan fingerprint density at radius 1 is 0.950 bits per heavy atom. The first-order valence-corrected chi connectivity index (χ1v) is 13.4. The lowest BCUT2D eigenvalue weighted by Crippen LogP contribution is -2.50. The molecule has 3 aromatic rings. The van der Waals surface area contributed by atoms with E-state index < -0.39 is 28.8 Å². The first-order chi connectivity index (χ1) is 19.1. The van der Waals surface area contributed by atoms with Crippen LogP contribution in [0.2, 0.25) is 0 Å². The first kappa shape index (κ1) is 25.9. The summed E-state index contributed by atoms with van der Waals surface area (Å²) < 4.78 is 11.1. The minimum absolute atomic E-state index is 0.115. The number of rotatable bonds is 5. The van der Waals surface area contributed by atoms with Crippen LogP contribution >= 0.6 is 0 Å². The van der Waals surface area contributed by atoms with Crippen LogP contribution in [-0.2, 0) is 15.0 Å². The normalized spacial score (nSPS) is 24.3. The minimum Gasteiger partial charge on any atom is -0.497 e. The number of hydrogen-bond acceptors (Lipinski definition) is 6. The lowest BCUT2D eigenvalue weighted by Gasteiger charge is -2.38. The molecule has 0 saturated carbocycles. The van der Waals surface area contributed by atoms with Gasteiger partial charge in [-0.15, -0.1) is 0 Å². The van der Waals surface area contributed by atoms with Crippen molar-refractivity contribution in [2.24, 2.45) is 11.3 Å². The number of carbonyl (C=O) groups excluding carboxylic acids is 3. The Morgan fingerprint density at radius 2 is 1.68 bits per heavy atom. The third kappa shape index (κ3) is 3.46. The molecule has 1 saturated heterocycles. The Hall–Kier alpha value is -4.39. The van der Waals surface area contributed by atoms with Crippen molar-refractivity contribution in [1.82, 2.24) is 4.90 Å². The van der Waals surface area contributed by atoms with Crippen molar-refractivity contribution in [3.8, 4) is 11.5 Å². The van der Waals surface area contributed by atoms with Crippen molar-refractivity contribution < 1.29 is 23.9 Å². The van der Waals surface area contributed by atoms with Gasteiger partial charge < -0.3 is 19.7 Å². The molecule has 3 heterocycles. The third-order valence-electron chi connectivity index (χ3n) is 8.53. The van der Waals surface area contributed by atoms with Crippen LogP contribution in [0.3, 0.4) is 0 Å². The maximum Gasteiger partial charge on any atom is 0.238 e. The van der Waals surface area contributed by atoms with Gasteiger partial charge in [-0.3, -0.25) is 14.4 Å². The van der Waals surface area contributed by atoms with Gasteiger partial charge in [0.1, 0.15) is 16.9 Å². The standard InChI is InChI=1S/C33H32N2O5/c1-32(2,3)30(37)27-26(28(36)22-18-20(39-4)14-15-25(22)40-5)33(23-12-8-9-13-24(23)34-31(33)38)29-21-11-7-6-10-19(21)16-17-35(27)29/h6-18,26-27,29H,1-5H3,(H,34,38)/t26-,27+,29-,33+/m1/s1. The van der Waals surface area contributed by atoms with Crippen molar-refractivity contribution in [3.63, 3.8) is 0 Å². The maximum absolute atomic E-state index is 15.0. The molecule has 6 rings (SSSR count). The van der Waals surface area contributed by atoms with E-state index >= 15 is 0 Å². The van der Waals surface area contributed by atoms with Gasteiger partial charge in [-0.25, -0.2) is 0 Å². The van der Waals surface area contributed by atoms with Crippen LogP contribution in [0, 0.1) is 11.3 Å². The molecule has 1 N–H and O–H groups in total. The topological polar surface area (TPSA) is 84.9 Å². The van der Waals surface area contributed by atoms with Crippen molar-refractivity contribution in [1.29, 1.82) is 0 Å². The minimum atomic E-state index is -1.38. The van der Waals surface area contributed by atoms with Gasteiger partial charge in [0.05, 0.1) is 37.8 Å². The molecule has 3 aliphatic rings. The van der Waals surface area contributed by atoms with Gasteiger partial charge >= 0.3 is 0 Å². The summed E-state index contributed by atoms with van der Waals surface area (Å²) in [5.41, 5.74) is 1.33. The van der Waals surface area contributed by atoms with Gasteiger partial charge in [0.2, 0.25) is 5.91 Å². The van der Waals surface area contributed by atoms with Gasteiger partial charge in [-0.05, 0) is 47.0 Å². The van der Waals surface area contributed by atoms with Crippen LogP contribution in [0.25, 0.3) is 6.08 Å². The van der Waals surface area contributed by atoms with E-state index in [1.807, 2.05) is 86.5 Å². The number of fused-ring (bicyclic) bond motifs is 6. The first-order valence-electron chi connectivity index (χ1n) is 13.4. The van der Waals surface area contributed by atoms with E-state index in [4.69, 9.17) is 9.47 Å². The zero-order chi connectivity index (χ0) is 28.4. The number of Topliss-reactive ketones (excluding diaryl/α,β-unsaturated/α-hetero) is 2. The molecule has 7 nitrogen and oxygen atoms in total. The van der Waals surface area contributed by atoms with Gasteiger partial charge in [-0.2, -0.15) is 0 Å². The molecular weight excluding hydrogens is 504 g/mol. The molecule has 0 aromatic heterocycles. The second kappa shape index (κ2) is 9.08. The van der Waals surface area contributed by atoms with E-state index in [-0.39, 0.29) is 23.0 Å². The van der Waals surface area contributed by atoms with Crippen LogP contribution in [-0.4, -0.2) is 42.6 Å². The Morgan fingerprint density at radius 3 is 2.40 bits per heavy atom. The number of ether oxygens (including phenoxy) is 2. The molecule has 1 fully saturated rings. The summed E-state index contributed by atoms with van der Waals surface area (Å²) in [7, 11) is 3.03. The molecule has 0 aliphatic carbocycles. The zero-order valence-corrected chi connectivity index (χ0v) is 23.2. The fraction of sp³-hybridized carbons (Fsp3) is 0.303. The largest absolute Gasteiger partial charge is 0.497 e. The van der Waals surface area contributed by atoms with Crippen LogP contribution in [0.15, 0.2) is 72.9 Å². The van der Waals surface area contributed by atoms with E-state index in [2.05, 4.69) is 5.32 Å². The highest BCUT2D eigenvalue weighted by atomic mass is 16.5. The zero-order valence-electron chi connectivity index (χ0n) is 23.2. The van der Waals surface area contributed by atoms with Gasteiger partial charge in [-0.1, -0.05) is 63.2 Å². The molecule has 0 bridgehead atoms. The summed E-state index contributed by atoms with van der Waals surface area (Å²) in [6.07, 6.45) is 3.84. The third-order valence-corrected chi connectivity index (χ3v) is 8.53. The fourth-order valence-electron chi connectivity index (χ4n) is 6.79. The average molecular weight is 537 g/mol. The highest BCUT2D eigenvalue weighted by molar-refractivity contribution is 6.16.